The van der Waals surface area contributed by atoms with Gasteiger partial charge in [0.1, 0.15) is 0 Å². The van der Waals surface area contributed by atoms with Gasteiger partial charge in [0.25, 0.3) is 0 Å². The molecule has 4 heteroatoms. The van der Waals surface area contributed by atoms with Gasteiger partial charge in [0.2, 0.25) is 0 Å². The molecule has 210 valence electrons. The van der Waals surface area contributed by atoms with Crippen molar-refractivity contribution in [1.82, 2.24) is 15.0 Å². The maximum Gasteiger partial charge on any atom is 0.164 e. The molecular weight excluding hydrogens is 555 g/mol. The molecular formula is C40H29N3S. The molecule has 0 bridgehead atoms. The Bertz CT molecular complexity index is 2060. The normalized spacial score (nSPS) is 13.0. The van der Waals surface area contributed by atoms with E-state index in [2.05, 4.69) is 92.7 Å². The molecule has 0 aliphatic heterocycles. The van der Waals surface area contributed by atoms with E-state index in [1.54, 1.807) is 0 Å². The van der Waals surface area contributed by atoms with Crippen LogP contribution in [0.3, 0.4) is 0 Å². The van der Waals surface area contributed by atoms with Crippen LogP contribution in [0.5, 0.6) is 0 Å². The first-order valence-corrected chi connectivity index (χ1v) is 15.7. The van der Waals surface area contributed by atoms with E-state index in [0.717, 1.165) is 16.7 Å². The van der Waals surface area contributed by atoms with E-state index in [1.807, 2.05) is 72.0 Å². The van der Waals surface area contributed by atoms with Gasteiger partial charge in [-0.25, -0.2) is 15.0 Å². The lowest BCUT2D eigenvalue weighted by Crippen LogP contribution is -2.15. The van der Waals surface area contributed by atoms with Gasteiger partial charge >= 0.3 is 0 Å². The van der Waals surface area contributed by atoms with Gasteiger partial charge in [-0.2, -0.15) is 0 Å². The van der Waals surface area contributed by atoms with Crippen LogP contribution in [0.15, 0.2) is 140 Å². The number of nitrogens with zero attached hydrogens (tertiary/aromatic N) is 3. The lowest BCUT2D eigenvalue weighted by atomic mass is 9.81. The quantitative estimate of drug-likeness (QED) is 0.202. The van der Waals surface area contributed by atoms with Crippen LogP contribution in [0.2, 0.25) is 0 Å². The van der Waals surface area contributed by atoms with Crippen LogP contribution in [0.25, 0.3) is 66.2 Å². The van der Waals surface area contributed by atoms with Crippen molar-refractivity contribution in [2.45, 2.75) is 19.3 Å². The molecule has 1 aliphatic rings. The number of aromatic nitrogens is 3. The molecule has 44 heavy (non-hydrogen) atoms. The first-order chi connectivity index (χ1) is 21.6. The Labute approximate surface area is 261 Å². The molecule has 0 N–H and O–H groups in total. The Morgan fingerprint density at radius 1 is 0.455 bits per heavy atom. The summed E-state index contributed by atoms with van der Waals surface area (Å²) in [6.45, 7) is 4.71. The Kier molecular flexibility index (Phi) is 6.32. The van der Waals surface area contributed by atoms with Crippen LogP contribution in [0, 0.1) is 0 Å². The van der Waals surface area contributed by atoms with E-state index in [1.165, 1.54) is 43.1 Å². The number of fused-ring (bicyclic) bond motifs is 3. The van der Waals surface area contributed by atoms with Crippen molar-refractivity contribution in [1.29, 1.82) is 0 Å². The summed E-state index contributed by atoms with van der Waals surface area (Å²) >= 11 is 1.90. The lowest BCUT2D eigenvalue weighted by molar-refractivity contribution is 0.664. The molecule has 7 aromatic rings. The van der Waals surface area contributed by atoms with Gasteiger partial charge in [-0.05, 0) is 33.9 Å². The van der Waals surface area contributed by atoms with Crippen molar-refractivity contribution in [2.75, 3.05) is 0 Å². The SMILES string of the molecule is CC1(C)c2cc(-c3nc(-c4ccccc4)nc(-c4ccccc4)n3)ccc2-c2c(-c3ccccc3)sc(-c3ccccc3)c21. The van der Waals surface area contributed by atoms with E-state index in [4.69, 9.17) is 15.0 Å². The number of hydrogen-bond donors (Lipinski definition) is 0. The summed E-state index contributed by atoms with van der Waals surface area (Å²) in [4.78, 5) is 17.6. The van der Waals surface area contributed by atoms with E-state index in [9.17, 15) is 0 Å². The molecule has 0 radical (unpaired) electrons. The number of hydrogen-bond acceptors (Lipinski definition) is 4. The zero-order valence-electron chi connectivity index (χ0n) is 24.5. The monoisotopic (exact) mass is 583 g/mol. The summed E-state index contributed by atoms with van der Waals surface area (Å²) in [5.41, 5.74) is 10.5. The molecule has 0 saturated carbocycles. The summed E-state index contributed by atoms with van der Waals surface area (Å²) in [7, 11) is 0. The summed E-state index contributed by atoms with van der Waals surface area (Å²) in [6, 6.07) is 48.7. The second-order valence-corrected chi connectivity index (χ2v) is 12.7. The summed E-state index contributed by atoms with van der Waals surface area (Å²) in [5, 5.41) is 0. The fourth-order valence-corrected chi connectivity index (χ4v) is 7.85. The second-order valence-electron chi connectivity index (χ2n) is 11.7. The van der Waals surface area contributed by atoms with Crippen LogP contribution in [0.1, 0.15) is 25.0 Å². The molecule has 0 atom stereocenters. The van der Waals surface area contributed by atoms with Gasteiger partial charge in [0.05, 0.1) is 0 Å². The van der Waals surface area contributed by atoms with Gasteiger partial charge in [0.15, 0.2) is 17.5 Å². The molecule has 0 amide bonds. The predicted octanol–water partition coefficient (Wildman–Crippen LogP) is 10.6. The Hall–Kier alpha value is -5.19. The molecule has 0 saturated heterocycles. The first-order valence-electron chi connectivity index (χ1n) is 14.9. The van der Waals surface area contributed by atoms with Crippen molar-refractivity contribution >= 4 is 11.3 Å². The fraction of sp³-hybridized carbons (Fsp3) is 0.0750. The van der Waals surface area contributed by atoms with E-state index in [0.29, 0.717) is 17.5 Å². The number of benzene rings is 5. The van der Waals surface area contributed by atoms with Crippen molar-refractivity contribution < 1.29 is 0 Å². The summed E-state index contributed by atoms with van der Waals surface area (Å²) in [6.07, 6.45) is 0. The topological polar surface area (TPSA) is 38.7 Å². The molecule has 0 fully saturated rings. The van der Waals surface area contributed by atoms with Crippen molar-refractivity contribution in [3.63, 3.8) is 0 Å². The van der Waals surface area contributed by atoms with Gasteiger partial charge in [-0.15, -0.1) is 11.3 Å². The largest absolute Gasteiger partial charge is 0.208 e. The molecule has 3 nitrogen and oxygen atoms in total. The van der Waals surface area contributed by atoms with E-state index in [-0.39, 0.29) is 5.41 Å². The smallest absolute Gasteiger partial charge is 0.164 e. The highest BCUT2D eigenvalue weighted by molar-refractivity contribution is 7.19. The van der Waals surface area contributed by atoms with Gasteiger partial charge < -0.3 is 0 Å². The predicted molar refractivity (Wildman–Crippen MR) is 182 cm³/mol. The zero-order valence-corrected chi connectivity index (χ0v) is 25.3. The Morgan fingerprint density at radius 2 is 0.886 bits per heavy atom. The first kappa shape index (κ1) is 26.4. The van der Waals surface area contributed by atoms with E-state index < -0.39 is 0 Å². The average Bonchev–Trinajstić information content (AvgIpc) is 3.60. The molecule has 8 rings (SSSR count). The van der Waals surface area contributed by atoms with Crippen molar-refractivity contribution in [2.24, 2.45) is 0 Å². The van der Waals surface area contributed by atoms with Crippen LogP contribution in [0.4, 0.5) is 0 Å². The summed E-state index contributed by atoms with van der Waals surface area (Å²) in [5.74, 6) is 2.02. The standard InChI is InChI=1S/C40H29N3S/c1-40(2)32-25-30(39-42-37(28-19-11-5-12-20-28)41-38(43-39)29-21-13-6-14-22-29)23-24-31(32)33-34(40)36(27-17-9-4-10-18-27)44-35(33)26-15-7-3-8-16-26/h3-25H,1-2H3. The third-order valence-corrected chi connectivity index (χ3v) is 9.81. The minimum absolute atomic E-state index is 0.215. The fourth-order valence-electron chi connectivity index (χ4n) is 6.36. The number of thiophene rings is 1. The Morgan fingerprint density at radius 3 is 1.39 bits per heavy atom. The van der Waals surface area contributed by atoms with Crippen LogP contribution in [-0.4, -0.2) is 15.0 Å². The Balaban J connectivity index is 1.33. The van der Waals surface area contributed by atoms with Crippen LogP contribution >= 0.6 is 11.3 Å². The van der Waals surface area contributed by atoms with Gasteiger partial charge in [-0.1, -0.05) is 147 Å². The van der Waals surface area contributed by atoms with Crippen LogP contribution < -0.4 is 0 Å². The van der Waals surface area contributed by atoms with Crippen molar-refractivity contribution in [3.05, 3.63) is 151 Å². The van der Waals surface area contributed by atoms with Gasteiger partial charge in [0, 0.05) is 37.4 Å². The molecule has 2 heterocycles. The molecule has 1 aliphatic carbocycles. The molecule has 2 aromatic heterocycles. The third kappa shape index (κ3) is 4.38. The highest BCUT2D eigenvalue weighted by Crippen LogP contribution is 2.59. The zero-order chi connectivity index (χ0) is 29.7. The minimum atomic E-state index is -0.215. The number of rotatable bonds is 5. The molecule has 5 aromatic carbocycles. The highest BCUT2D eigenvalue weighted by Gasteiger charge is 2.41. The average molecular weight is 584 g/mol. The maximum absolute atomic E-state index is 5.02. The third-order valence-electron chi connectivity index (χ3n) is 8.53. The highest BCUT2D eigenvalue weighted by atomic mass is 32.1. The maximum atomic E-state index is 5.02. The van der Waals surface area contributed by atoms with Crippen molar-refractivity contribution in [3.8, 4) is 66.2 Å². The lowest BCUT2D eigenvalue weighted by Gasteiger charge is -2.23. The van der Waals surface area contributed by atoms with Gasteiger partial charge in [-0.3, -0.25) is 0 Å². The molecule has 0 spiro atoms. The van der Waals surface area contributed by atoms with E-state index >= 15 is 0 Å². The molecule has 0 unspecified atom stereocenters. The second kappa shape index (κ2) is 10.5. The summed E-state index contributed by atoms with van der Waals surface area (Å²) < 4.78 is 0. The minimum Gasteiger partial charge on any atom is -0.208 e. The van der Waals surface area contributed by atoms with Crippen LogP contribution in [-0.2, 0) is 5.41 Å².